The van der Waals surface area contributed by atoms with Gasteiger partial charge in [-0.1, -0.05) is 25.1 Å². The molecule has 1 unspecified atom stereocenters. The summed E-state index contributed by atoms with van der Waals surface area (Å²) < 4.78 is 5.78. The Morgan fingerprint density at radius 3 is 2.84 bits per heavy atom. The number of hydrogen-bond acceptors (Lipinski definition) is 4. The summed E-state index contributed by atoms with van der Waals surface area (Å²) >= 11 is 0. The lowest BCUT2D eigenvalue weighted by molar-refractivity contribution is -0.123. The third-order valence-corrected chi connectivity index (χ3v) is 5.14. The molecule has 5 nitrogen and oxygen atoms in total. The van der Waals surface area contributed by atoms with Crippen molar-refractivity contribution in [3.05, 3.63) is 29.8 Å². The lowest BCUT2D eigenvalue weighted by Gasteiger charge is -2.23. The third-order valence-electron chi connectivity index (χ3n) is 5.14. The number of hydrogen-bond donors (Lipinski definition) is 2. The van der Waals surface area contributed by atoms with E-state index in [9.17, 15) is 4.79 Å². The van der Waals surface area contributed by atoms with E-state index in [0.717, 1.165) is 50.5 Å². The van der Waals surface area contributed by atoms with Crippen molar-refractivity contribution in [3.8, 4) is 5.75 Å². The fourth-order valence-corrected chi connectivity index (χ4v) is 3.22. The maximum Gasteiger partial charge on any atom is 0.257 e. The topological polar surface area (TPSA) is 67.6 Å². The second-order valence-electron chi connectivity index (χ2n) is 7.62. The molecular weight excluding hydrogens is 338 g/mol. The van der Waals surface area contributed by atoms with Crippen molar-refractivity contribution < 1.29 is 9.53 Å². The number of rotatable bonds is 8. The van der Waals surface area contributed by atoms with Gasteiger partial charge in [-0.3, -0.25) is 9.69 Å². The van der Waals surface area contributed by atoms with Gasteiger partial charge in [0.2, 0.25) is 0 Å². The van der Waals surface area contributed by atoms with E-state index in [1.165, 1.54) is 12.8 Å². The first-order chi connectivity index (χ1) is 11.6. The fourth-order valence-electron chi connectivity index (χ4n) is 3.22. The summed E-state index contributed by atoms with van der Waals surface area (Å²) in [6.07, 6.45) is 3.61. The molecule has 3 N–H and O–H groups in total. The highest BCUT2D eigenvalue weighted by atomic mass is 35.5. The van der Waals surface area contributed by atoms with Crippen LogP contribution in [0.3, 0.4) is 0 Å². The lowest BCUT2D eigenvalue weighted by atomic mass is 9.90. The molecule has 1 heterocycles. The van der Waals surface area contributed by atoms with E-state index < -0.39 is 0 Å². The highest BCUT2D eigenvalue weighted by molar-refractivity contribution is 5.85. The van der Waals surface area contributed by atoms with Crippen LogP contribution in [-0.4, -0.2) is 43.6 Å². The highest BCUT2D eigenvalue weighted by Gasteiger charge is 2.32. The molecule has 1 aromatic rings. The Morgan fingerprint density at radius 2 is 2.16 bits per heavy atom. The Kier molecular flexibility index (Phi) is 7.11. The van der Waals surface area contributed by atoms with Gasteiger partial charge in [0, 0.05) is 25.2 Å². The zero-order valence-corrected chi connectivity index (χ0v) is 15.8. The van der Waals surface area contributed by atoms with Crippen molar-refractivity contribution in [2.24, 2.45) is 17.1 Å². The molecule has 0 bridgehead atoms. The fraction of sp³-hybridized carbons (Fsp3) is 0.632. The minimum atomic E-state index is -0.0337. The Labute approximate surface area is 156 Å². The SMILES string of the molecule is CC1(CN)CCN(Cc2ccccc2OCC(=O)NCC2CC2)C1.Cl. The standard InChI is InChI=1S/C19H29N3O2.ClH/c1-19(13-20)8-9-22(14-19)11-16-4-2-3-5-17(16)24-12-18(23)21-10-15-6-7-15;/h2-5,15H,6-14,20H2,1H3,(H,21,23);1H. The van der Waals surface area contributed by atoms with E-state index >= 15 is 0 Å². The molecule has 0 aromatic heterocycles. The van der Waals surface area contributed by atoms with Gasteiger partial charge >= 0.3 is 0 Å². The molecule has 1 atom stereocenters. The van der Waals surface area contributed by atoms with Crippen LogP contribution in [0.5, 0.6) is 5.75 Å². The van der Waals surface area contributed by atoms with Crippen LogP contribution in [0.4, 0.5) is 0 Å². The highest BCUT2D eigenvalue weighted by Crippen LogP contribution is 2.31. The first-order valence-electron chi connectivity index (χ1n) is 8.98. The predicted octanol–water partition coefficient (Wildman–Crippen LogP) is 2.18. The van der Waals surface area contributed by atoms with Crippen molar-refractivity contribution in [1.29, 1.82) is 0 Å². The summed E-state index contributed by atoms with van der Waals surface area (Å²) in [5, 5.41) is 2.94. The molecule has 1 aliphatic carbocycles. The van der Waals surface area contributed by atoms with Gasteiger partial charge in [-0.2, -0.15) is 0 Å². The number of para-hydroxylation sites is 1. The average molecular weight is 368 g/mol. The molecule has 1 aliphatic heterocycles. The smallest absolute Gasteiger partial charge is 0.257 e. The summed E-state index contributed by atoms with van der Waals surface area (Å²) in [7, 11) is 0. The van der Waals surface area contributed by atoms with Gasteiger partial charge in [0.05, 0.1) is 0 Å². The normalized spacial score (nSPS) is 23.1. The van der Waals surface area contributed by atoms with Crippen LogP contribution in [0.2, 0.25) is 0 Å². The van der Waals surface area contributed by atoms with Gasteiger partial charge in [0.15, 0.2) is 6.61 Å². The van der Waals surface area contributed by atoms with Gasteiger partial charge in [0.25, 0.3) is 5.91 Å². The number of benzene rings is 1. The van der Waals surface area contributed by atoms with E-state index in [-0.39, 0.29) is 30.3 Å². The molecule has 0 spiro atoms. The van der Waals surface area contributed by atoms with E-state index in [4.69, 9.17) is 10.5 Å². The second kappa shape index (κ2) is 8.88. The molecule has 1 saturated carbocycles. The summed E-state index contributed by atoms with van der Waals surface area (Å²) in [5.74, 6) is 1.46. The number of nitrogens with one attached hydrogen (secondary N) is 1. The third kappa shape index (κ3) is 5.87. The number of amides is 1. The molecule has 3 rings (SSSR count). The molecule has 1 saturated heterocycles. The van der Waals surface area contributed by atoms with Gasteiger partial charge < -0.3 is 15.8 Å². The van der Waals surface area contributed by atoms with E-state index in [2.05, 4.69) is 23.2 Å². The molecule has 140 valence electrons. The van der Waals surface area contributed by atoms with Crippen LogP contribution in [0.1, 0.15) is 31.7 Å². The molecule has 2 fully saturated rings. The molecule has 0 radical (unpaired) electrons. The number of carbonyl (C=O) groups is 1. The van der Waals surface area contributed by atoms with Crippen LogP contribution >= 0.6 is 12.4 Å². The van der Waals surface area contributed by atoms with Crippen molar-refractivity contribution in [2.75, 3.05) is 32.8 Å². The maximum absolute atomic E-state index is 11.9. The van der Waals surface area contributed by atoms with Gasteiger partial charge in [0.1, 0.15) is 5.75 Å². The van der Waals surface area contributed by atoms with Crippen LogP contribution < -0.4 is 15.8 Å². The Balaban J connectivity index is 0.00000225. The summed E-state index contributed by atoms with van der Waals surface area (Å²) in [5.41, 5.74) is 7.25. The Morgan fingerprint density at radius 1 is 1.40 bits per heavy atom. The lowest BCUT2D eigenvalue weighted by Crippen LogP contribution is -2.31. The zero-order valence-electron chi connectivity index (χ0n) is 15.0. The van der Waals surface area contributed by atoms with Crippen LogP contribution in [0.15, 0.2) is 24.3 Å². The first kappa shape index (κ1) is 20.0. The molecule has 1 aromatic carbocycles. The number of nitrogens with zero attached hydrogens (tertiary/aromatic N) is 1. The van der Waals surface area contributed by atoms with Crippen molar-refractivity contribution in [2.45, 2.75) is 32.7 Å². The number of likely N-dealkylation sites (tertiary alicyclic amines) is 1. The van der Waals surface area contributed by atoms with Crippen molar-refractivity contribution >= 4 is 18.3 Å². The maximum atomic E-state index is 11.9. The van der Waals surface area contributed by atoms with Crippen LogP contribution in [0, 0.1) is 11.3 Å². The van der Waals surface area contributed by atoms with Crippen LogP contribution in [-0.2, 0) is 11.3 Å². The van der Waals surface area contributed by atoms with E-state index in [0.29, 0.717) is 5.92 Å². The van der Waals surface area contributed by atoms with Gasteiger partial charge in [-0.25, -0.2) is 0 Å². The molecular formula is C19H30ClN3O2. The minimum absolute atomic E-state index is 0. The summed E-state index contributed by atoms with van der Waals surface area (Å²) in [6.45, 7) is 6.76. The van der Waals surface area contributed by atoms with Crippen molar-refractivity contribution in [1.82, 2.24) is 10.2 Å². The summed E-state index contributed by atoms with van der Waals surface area (Å²) in [4.78, 5) is 14.3. The Hall–Kier alpha value is -1.30. The monoisotopic (exact) mass is 367 g/mol. The molecule has 1 amide bonds. The zero-order chi connectivity index (χ0) is 17.0. The first-order valence-corrected chi connectivity index (χ1v) is 8.98. The summed E-state index contributed by atoms with van der Waals surface area (Å²) in [6, 6.07) is 8.00. The predicted molar refractivity (Wildman–Crippen MR) is 102 cm³/mol. The van der Waals surface area contributed by atoms with E-state index in [1.807, 2.05) is 18.2 Å². The number of ether oxygens (including phenoxy) is 1. The van der Waals surface area contributed by atoms with Crippen molar-refractivity contribution in [3.63, 3.8) is 0 Å². The van der Waals surface area contributed by atoms with Gasteiger partial charge in [-0.05, 0) is 49.8 Å². The molecule has 2 aliphatic rings. The van der Waals surface area contributed by atoms with Gasteiger partial charge in [-0.15, -0.1) is 12.4 Å². The second-order valence-corrected chi connectivity index (χ2v) is 7.62. The number of halogens is 1. The average Bonchev–Trinajstić information content (AvgIpc) is 3.35. The minimum Gasteiger partial charge on any atom is -0.483 e. The van der Waals surface area contributed by atoms with Crippen LogP contribution in [0.25, 0.3) is 0 Å². The quantitative estimate of drug-likeness (QED) is 0.739. The number of nitrogens with two attached hydrogens (primary N) is 1. The van der Waals surface area contributed by atoms with E-state index in [1.54, 1.807) is 0 Å². The number of carbonyl (C=O) groups excluding carboxylic acids is 1. The largest absolute Gasteiger partial charge is 0.483 e. The Bertz CT molecular complexity index is 580. The molecule has 25 heavy (non-hydrogen) atoms. The molecule has 6 heteroatoms.